The highest BCUT2D eigenvalue weighted by Crippen LogP contribution is 2.33. The molecule has 1 aliphatic heterocycles. The maximum atomic E-state index is 12.9. The number of esters is 1. The van der Waals surface area contributed by atoms with Gasteiger partial charge in [0.05, 0.1) is 22.5 Å². The molecule has 31 heavy (non-hydrogen) atoms. The summed E-state index contributed by atoms with van der Waals surface area (Å²) in [4.78, 5) is 27.0. The molecular formula is C20H22Cl2N2O5S2. The van der Waals surface area contributed by atoms with Gasteiger partial charge in [-0.25, -0.2) is 8.42 Å². The minimum Gasteiger partial charge on any atom is -0.455 e. The number of halogens is 2. The van der Waals surface area contributed by atoms with Gasteiger partial charge in [0, 0.05) is 25.0 Å². The Morgan fingerprint density at radius 1 is 1.16 bits per heavy atom. The van der Waals surface area contributed by atoms with Gasteiger partial charge in [-0.15, -0.1) is 11.3 Å². The maximum Gasteiger partial charge on any atom is 0.309 e. The summed E-state index contributed by atoms with van der Waals surface area (Å²) in [5.74, 6) is -1.26. The molecule has 1 saturated heterocycles. The lowest BCUT2D eigenvalue weighted by atomic mass is 9.98. The van der Waals surface area contributed by atoms with E-state index in [0.717, 1.165) is 4.88 Å². The van der Waals surface area contributed by atoms with E-state index in [0.29, 0.717) is 19.4 Å². The summed E-state index contributed by atoms with van der Waals surface area (Å²) in [5, 5.41) is 2.04. The van der Waals surface area contributed by atoms with Gasteiger partial charge < -0.3 is 9.64 Å². The molecule has 2 aromatic rings. The van der Waals surface area contributed by atoms with Gasteiger partial charge >= 0.3 is 5.97 Å². The molecule has 0 unspecified atom stereocenters. The van der Waals surface area contributed by atoms with Crippen LogP contribution in [-0.4, -0.2) is 56.2 Å². The van der Waals surface area contributed by atoms with Gasteiger partial charge in [0.25, 0.3) is 5.91 Å². The average molecular weight is 505 g/mol. The molecule has 0 saturated carbocycles. The number of nitrogens with zero attached hydrogens (tertiary/aromatic N) is 2. The van der Waals surface area contributed by atoms with Crippen molar-refractivity contribution >= 4 is 56.4 Å². The number of amides is 1. The largest absolute Gasteiger partial charge is 0.455 e. The third kappa shape index (κ3) is 5.78. The van der Waals surface area contributed by atoms with E-state index < -0.39 is 21.9 Å². The molecule has 1 fully saturated rings. The number of hydrogen-bond donors (Lipinski definition) is 0. The number of benzene rings is 1. The highest BCUT2D eigenvalue weighted by Gasteiger charge is 2.35. The second-order valence-electron chi connectivity index (χ2n) is 7.17. The number of thiophene rings is 1. The SMILES string of the molecule is CN(Cc1cccs1)C(=O)COC(=O)C1CCN(S(=O)(=O)c2c(Cl)cccc2Cl)CC1. The van der Waals surface area contributed by atoms with Crippen LogP contribution in [0, 0.1) is 5.92 Å². The van der Waals surface area contributed by atoms with E-state index in [2.05, 4.69) is 0 Å². The first kappa shape index (κ1) is 24.0. The molecule has 0 radical (unpaired) electrons. The van der Waals surface area contributed by atoms with Crippen molar-refractivity contribution in [3.63, 3.8) is 0 Å². The zero-order chi connectivity index (χ0) is 22.6. The fourth-order valence-electron chi connectivity index (χ4n) is 3.28. The number of piperidine rings is 1. The smallest absolute Gasteiger partial charge is 0.309 e. The Kier molecular flexibility index (Phi) is 7.98. The Labute approximate surface area is 195 Å². The zero-order valence-electron chi connectivity index (χ0n) is 16.8. The lowest BCUT2D eigenvalue weighted by Gasteiger charge is -2.30. The Morgan fingerprint density at radius 2 is 1.81 bits per heavy atom. The van der Waals surface area contributed by atoms with Crippen LogP contribution in [0.3, 0.4) is 0 Å². The normalized spacial score (nSPS) is 15.6. The predicted molar refractivity (Wildman–Crippen MR) is 120 cm³/mol. The maximum absolute atomic E-state index is 12.9. The number of carbonyl (C=O) groups is 2. The second-order valence-corrected chi connectivity index (χ2v) is 10.9. The number of rotatable bonds is 7. The third-order valence-corrected chi connectivity index (χ3v) is 8.76. The quantitative estimate of drug-likeness (QED) is 0.537. The molecule has 1 aromatic heterocycles. The molecule has 1 amide bonds. The monoisotopic (exact) mass is 504 g/mol. The van der Waals surface area contributed by atoms with E-state index >= 15 is 0 Å². The fourth-order valence-corrected chi connectivity index (χ4v) is 6.59. The lowest BCUT2D eigenvalue weighted by Crippen LogP contribution is -2.41. The summed E-state index contributed by atoms with van der Waals surface area (Å²) >= 11 is 13.7. The Hall–Kier alpha value is -1.65. The van der Waals surface area contributed by atoms with Gasteiger partial charge in [-0.2, -0.15) is 4.31 Å². The van der Waals surface area contributed by atoms with E-state index in [9.17, 15) is 18.0 Å². The minimum absolute atomic E-state index is 0.0548. The number of ether oxygens (including phenoxy) is 1. The van der Waals surface area contributed by atoms with Crippen LogP contribution >= 0.6 is 34.5 Å². The van der Waals surface area contributed by atoms with Crippen LogP contribution in [0.15, 0.2) is 40.6 Å². The molecule has 0 bridgehead atoms. The molecule has 3 rings (SSSR count). The molecule has 0 aliphatic carbocycles. The van der Waals surface area contributed by atoms with E-state index in [1.54, 1.807) is 24.5 Å². The summed E-state index contributed by atoms with van der Waals surface area (Å²) in [5.41, 5.74) is 0. The van der Waals surface area contributed by atoms with Gasteiger partial charge in [0.1, 0.15) is 4.90 Å². The molecule has 1 aromatic carbocycles. The van der Waals surface area contributed by atoms with Crippen molar-refractivity contribution in [3.05, 3.63) is 50.6 Å². The van der Waals surface area contributed by atoms with Crippen LogP contribution in [0.25, 0.3) is 0 Å². The van der Waals surface area contributed by atoms with Crippen molar-refractivity contribution in [1.29, 1.82) is 0 Å². The topological polar surface area (TPSA) is 84.0 Å². The van der Waals surface area contributed by atoms with Gasteiger partial charge in [0.2, 0.25) is 10.0 Å². The highest BCUT2D eigenvalue weighted by molar-refractivity contribution is 7.89. The van der Waals surface area contributed by atoms with Crippen molar-refractivity contribution < 1.29 is 22.7 Å². The van der Waals surface area contributed by atoms with Crippen molar-refractivity contribution in [3.8, 4) is 0 Å². The molecule has 0 atom stereocenters. The zero-order valence-corrected chi connectivity index (χ0v) is 19.9. The van der Waals surface area contributed by atoms with Gasteiger partial charge in [-0.1, -0.05) is 35.3 Å². The summed E-state index contributed by atoms with van der Waals surface area (Å²) in [6.07, 6.45) is 0.582. The van der Waals surface area contributed by atoms with Gasteiger partial charge in [-0.05, 0) is 36.4 Å². The van der Waals surface area contributed by atoms with Gasteiger partial charge in [-0.3, -0.25) is 9.59 Å². The average Bonchev–Trinajstić information content (AvgIpc) is 3.24. The van der Waals surface area contributed by atoms with Crippen LogP contribution in [-0.2, 0) is 30.9 Å². The third-order valence-electron chi connectivity index (χ3n) is 5.04. The molecule has 7 nitrogen and oxygen atoms in total. The number of likely N-dealkylation sites (N-methyl/N-ethyl adjacent to an activating group) is 1. The van der Waals surface area contributed by atoms with E-state index in [1.807, 2.05) is 17.5 Å². The van der Waals surface area contributed by atoms with Crippen LogP contribution in [0.1, 0.15) is 17.7 Å². The number of carbonyl (C=O) groups excluding carboxylic acids is 2. The standard InChI is InChI=1S/C20H22Cl2N2O5S2/c1-23(12-15-4-3-11-30-15)18(25)13-29-20(26)14-7-9-24(10-8-14)31(27,28)19-16(21)5-2-6-17(19)22/h2-6,11,14H,7-10,12-13H2,1H3. The predicted octanol–water partition coefficient (Wildman–Crippen LogP) is 3.66. The number of hydrogen-bond acceptors (Lipinski definition) is 6. The van der Waals surface area contributed by atoms with E-state index in [4.69, 9.17) is 27.9 Å². The summed E-state index contributed by atoms with van der Waals surface area (Å²) in [6.45, 7) is 0.384. The fraction of sp³-hybridized carbons (Fsp3) is 0.400. The van der Waals surface area contributed by atoms with Crippen LogP contribution in [0.4, 0.5) is 0 Å². The summed E-state index contributed by atoms with van der Waals surface area (Å²) < 4.78 is 32.3. The molecule has 0 spiro atoms. The van der Waals surface area contributed by atoms with Gasteiger partial charge in [0.15, 0.2) is 6.61 Å². The minimum atomic E-state index is -3.88. The van der Waals surface area contributed by atoms with Crippen molar-refractivity contribution in [2.75, 3.05) is 26.7 Å². The van der Waals surface area contributed by atoms with E-state index in [-0.39, 0.29) is 40.5 Å². The summed E-state index contributed by atoms with van der Waals surface area (Å²) in [7, 11) is -2.23. The molecule has 2 heterocycles. The van der Waals surface area contributed by atoms with Crippen molar-refractivity contribution in [2.24, 2.45) is 5.92 Å². The molecular weight excluding hydrogens is 483 g/mol. The number of sulfonamides is 1. The van der Waals surface area contributed by atoms with Crippen LogP contribution in [0.2, 0.25) is 10.0 Å². The van der Waals surface area contributed by atoms with Crippen LogP contribution in [0.5, 0.6) is 0 Å². The Balaban J connectivity index is 1.51. The lowest BCUT2D eigenvalue weighted by molar-refractivity contribution is -0.156. The van der Waals surface area contributed by atoms with Crippen LogP contribution < -0.4 is 0 Å². The Morgan fingerprint density at radius 3 is 2.39 bits per heavy atom. The highest BCUT2D eigenvalue weighted by atomic mass is 35.5. The molecule has 168 valence electrons. The first-order valence-electron chi connectivity index (χ1n) is 9.57. The van der Waals surface area contributed by atoms with Crippen molar-refractivity contribution in [2.45, 2.75) is 24.3 Å². The molecule has 11 heteroatoms. The summed E-state index contributed by atoms with van der Waals surface area (Å²) in [6, 6.07) is 8.35. The first-order chi connectivity index (χ1) is 14.7. The Bertz CT molecular complexity index is 1020. The molecule has 1 aliphatic rings. The van der Waals surface area contributed by atoms with Crippen molar-refractivity contribution in [1.82, 2.24) is 9.21 Å². The van der Waals surface area contributed by atoms with E-state index in [1.165, 1.54) is 21.3 Å². The first-order valence-corrected chi connectivity index (χ1v) is 12.6. The second kappa shape index (κ2) is 10.3. The molecule has 0 N–H and O–H groups in total.